The molecule has 0 radical (unpaired) electrons. The predicted octanol–water partition coefficient (Wildman–Crippen LogP) is 1.18. The van der Waals surface area contributed by atoms with Gasteiger partial charge in [-0.3, -0.25) is 14.6 Å². The van der Waals surface area contributed by atoms with Crippen molar-refractivity contribution >= 4 is 40.3 Å². The Morgan fingerprint density at radius 3 is 2.85 bits per heavy atom. The molecule has 0 saturated carbocycles. The summed E-state index contributed by atoms with van der Waals surface area (Å²) in [7, 11) is 1.62. The van der Waals surface area contributed by atoms with E-state index in [4.69, 9.17) is 4.74 Å². The molecule has 2 rings (SSSR count). The molecule has 0 aromatic carbocycles. The normalized spacial score (nSPS) is 10.3. The number of carbonyl (C=O) groups is 2. The third-order valence-corrected chi connectivity index (χ3v) is 3.30. The number of H-pyrrole nitrogens is 1. The van der Waals surface area contributed by atoms with E-state index in [1.165, 1.54) is 17.1 Å². The molecule has 2 aromatic heterocycles. The quantitative estimate of drug-likeness (QED) is 0.604. The van der Waals surface area contributed by atoms with Crippen LogP contribution in [-0.2, 0) is 11.8 Å². The summed E-state index contributed by atoms with van der Waals surface area (Å²) < 4.78 is 6.99. The largest absolute Gasteiger partial charge is 0.462 e. The lowest BCUT2D eigenvalue weighted by Crippen LogP contribution is -2.18. The molecule has 2 heterocycles. The number of aromatic nitrogens is 4. The van der Waals surface area contributed by atoms with Gasteiger partial charge >= 0.3 is 5.97 Å². The molecule has 0 aliphatic carbocycles. The molecule has 1 amide bonds. The number of esters is 1. The summed E-state index contributed by atoms with van der Waals surface area (Å²) in [6, 6.07) is 0. The van der Waals surface area contributed by atoms with Crippen molar-refractivity contribution in [1.29, 1.82) is 0 Å². The average molecular weight is 389 g/mol. The van der Waals surface area contributed by atoms with Crippen LogP contribution in [-0.4, -0.2) is 38.5 Å². The topological polar surface area (TPSA) is 102 Å². The molecule has 0 bridgehead atoms. The molecule has 8 nitrogen and oxygen atoms in total. The van der Waals surface area contributed by atoms with Crippen LogP contribution in [0.5, 0.6) is 0 Å². The van der Waals surface area contributed by atoms with E-state index in [0.717, 1.165) is 0 Å². The van der Waals surface area contributed by atoms with Gasteiger partial charge < -0.3 is 10.1 Å². The van der Waals surface area contributed by atoms with E-state index in [2.05, 4.69) is 20.6 Å². The van der Waals surface area contributed by atoms with Crippen LogP contribution in [0.4, 0.5) is 5.82 Å². The van der Waals surface area contributed by atoms with Crippen LogP contribution >= 0.6 is 22.6 Å². The second-order valence-corrected chi connectivity index (χ2v) is 4.96. The third kappa shape index (κ3) is 2.81. The lowest BCUT2D eigenvalue weighted by molar-refractivity contribution is 0.0527. The first-order valence-corrected chi connectivity index (χ1v) is 6.81. The van der Waals surface area contributed by atoms with Crippen molar-refractivity contribution in [2.24, 2.45) is 7.05 Å². The number of aryl methyl sites for hydroxylation is 1. The SMILES string of the molecule is CCOC(=O)c1cnn(C)c1NC(=O)c1[nH]ncc1I. The third-order valence-electron chi connectivity index (χ3n) is 2.49. The van der Waals surface area contributed by atoms with Gasteiger partial charge in [0, 0.05) is 7.05 Å². The summed E-state index contributed by atoms with van der Waals surface area (Å²) in [4.78, 5) is 23.9. The van der Waals surface area contributed by atoms with Gasteiger partial charge in [0.25, 0.3) is 5.91 Å². The van der Waals surface area contributed by atoms with Crippen LogP contribution in [0.2, 0.25) is 0 Å². The van der Waals surface area contributed by atoms with Gasteiger partial charge in [0.2, 0.25) is 0 Å². The number of amides is 1. The van der Waals surface area contributed by atoms with Crippen LogP contribution in [0, 0.1) is 3.57 Å². The van der Waals surface area contributed by atoms with E-state index < -0.39 is 11.9 Å². The number of rotatable bonds is 4. The number of halogens is 1. The summed E-state index contributed by atoms with van der Waals surface area (Å²) in [5, 5.41) is 12.9. The fourth-order valence-corrected chi connectivity index (χ4v) is 2.05. The highest BCUT2D eigenvalue weighted by Crippen LogP contribution is 2.17. The van der Waals surface area contributed by atoms with Crippen molar-refractivity contribution in [3.8, 4) is 0 Å². The highest BCUT2D eigenvalue weighted by atomic mass is 127. The molecular formula is C11H12IN5O3. The summed E-state index contributed by atoms with van der Waals surface area (Å²) >= 11 is 1.99. The van der Waals surface area contributed by atoms with E-state index in [9.17, 15) is 9.59 Å². The lowest BCUT2D eigenvalue weighted by atomic mass is 10.3. The molecule has 0 fully saturated rings. The molecule has 2 N–H and O–H groups in total. The van der Waals surface area contributed by atoms with Crippen LogP contribution in [0.1, 0.15) is 27.8 Å². The minimum absolute atomic E-state index is 0.206. The fourth-order valence-electron chi connectivity index (χ4n) is 1.54. The molecule has 106 valence electrons. The van der Waals surface area contributed by atoms with E-state index in [-0.39, 0.29) is 18.0 Å². The maximum absolute atomic E-state index is 12.1. The predicted molar refractivity (Wildman–Crippen MR) is 78.4 cm³/mol. The Labute approximate surface area is 128 Å². The zero-order valence-corrected chi connectivity index (χ0v) is 13.0. The summed E-state index contributed by atoms with van der Waals surface area (Å²) in [6.07, 6.45) is 2.89. The molecular weight excluding hydrogens is 377 g/mol. The number of ether oxygens (including phenoxy) is 1. The van der Waals surface area contributed by atoms with Gasteiger partial charge in [-0.2, -0.15) is 10.2 Å². The maximum Gasteiger partial charge on any atom is 0.343 e. The van der Waals surface area contributed by atoms with E-state index in [0.29, 0.717) is 9.26 Å². The van der Waals surface area contributed by atoms with Crippen molar-refractivity contribution in [2.45, 2.75) is 6.92 Å². The number of nitrogens with zero attached hydrogens (tertiary/aromatic N) is 3. The maximum atomic E-state index is 12.1. The van der Waals surface area contributed by atoms with Crippen LogP contribution in [0.3, 0.4) is 0 Å². The first-order valence-electron chi connectivity index (χ1n) is 5.74. The van der Waals surface area contributed by atoms with Crippen molar-refractivity contribution in [3.05, 3.63) is 27.2 Å². The van der Waals surface area contributed by atoms with E-state index >= 15 is 0 Å². The highest BCUT2D eigenvalue weighted by Gasteiger charge is 2.21. The summed E-state index contributed by atoms with van der Waals surface area (Å²) in [5.41, 5.74) is 0.527. The molecule has 0 atom stereocenters. The number of anilines is 1. The second-order valence-electron chi connectivity index (χ2n) is 3.80. The second kappa shape index (κ2) is 6.03. The Hall–Kier alpha value is -1.91. The summed E-state index contributed by atoms with van der Waals surface area (Å²) in [5.74, 6) is -0.657. The monoisotopic (exact) mass is 389 g/mol. The van der Waals surface area contributed by atoms with Crippen LogP contribution in [0.25, 0.3) is 0 Å². The highest BCUT2D eigenvalue weighted by molar-refractivity contribution is 14.1. The Morgan fingerprint density at radius 1 is 1.50 bits per heavy atom. The van der Waals surface area contributed by atoms with Gasteiger partial charge in [-0.25, -0.2) is 4.79 Å². The standard InChI is InChI=1S/C11H12IN5O3/c1-3-20-11(19)6-4-14-17(2)9(6)15-10(18)8-7(12)5-13-16-8/h4-5H,3H2,1-2H3,(H,13,16)(H,15,18). The number of hydrogen-bond donors (Lipinski definition) is 2. The van der Waals surface area contributed by atoms with Crippen LogP contribution in [0.15, 0.2) is 12.4 Å². The lowest BCUT2D eigenvalue weighted by Gasteiger charge is -2.07. The van der Waals surface area contributed by atoms with E-state index in [1.807, 2.05) is 22.6 Å². The minimum Gasteiger partial charge on any atom is -0.462 e. The number of nitrogens with one attached hydrogen (secondary N) is 2. The van der Waals surface area contributed by atoms with Crippen molar-refractivity contribution in [1.82, 2.24) is 20.0 Å². The summed E-state index contributed by atoms with van der Waals surface area (Å²) in [6.45, 7) is 1.96. The van der Waals surface area contributed by atoms with Crippen molar-refractivity contribution in [2.75, 3.05) is 11.9 Å². The van der Waals surface area contributed by atoms with Gasteiger partial charge in [-0.15, -0.1) is 0 Å². The Bertz CT molecular complexity index is 648. The molecule has 0 saturated heterocycles. The van der Waals surface area contributed by atoms with Gasteiger partial charge in [-0.05, 0) is 29.5 Å². The smallest absolute Gasteiger partial charge is 0.343 e. The molecule has 0 spiro atoms. The van der Waals surface area contributed by atoms with Crippen molar-refractivity contribution < 1.29 is 14.3 Å². The zero-order chi connectivity index (χ0) is 14.7. The van der Waals surface area contributed by atoms with Gasteiger partial charge in [-0.1, -0.05) is 0 Å². The molecule has 2 aromatic rings. The molecule has 0 aliphatic heterocycles. The zero-order valence-electron chi connectivity index (χ0n) is 10.8. The molecule has 20 heavy (non-hydrogen) atoms. The first kappa shape index (κ1) is 14.5. The Morgan fingerprint density at radius 2 is 2.25 bits per heavy atom. The average Bonchev–Trinajstić information content (AvgIpc) is 2.97. The molecule has 0 unspecified atom stereocenters. The van der Waals surface area contributed by atoms with Gasteiger partial charge in [0.15, 0.2) is 0 Å². The van der Waals surface area contributed by atoms with E-state index in [1.54, 1.807) is 14.0 Å². The van der Waals surface area contributed by atoms with Gasteiger partial charge in [0.05, 0.1) is 22.6 Å². The molecule has 0 aliphatic rings. The van der Waals surface area contributed by atoms with Crippen LogP contribution < -0.4 is 5.32 Å². The van der Waals surface area contributed by atoms with Gasteiger partial charge in [0.1, 0.15) is 17.1 Å². The van der Waals surface area contributed by atoms with Crippen molar-refractivity contribution in [3.63, 3.8) is 0 Å². The minimum atomic E-state index is -0.532. The fraction of sp³-hybridized carbons (Fsp3) is 0.273. The Kier molecular flexibility index (Phi) is 4.37. The molecule has 9 heteroatoms. The number of aromatic amines is 1. The number of carbonyl (C=O) groups excluding carboxylic acids is 2. The Balaban J connectivity index is 2.25. The number of hydrogen-bond acceptors (Lipinski definition) is 5. The first-order chi connectivity index (χ1) is 9.54.